The Morgan fingerprint density at radius 2 is 1.93 bits per heavy atom. The maximum absolute atomic E-state index is 5.99. The molecule has 5 nitrogen and oxygen atoms in total. The summed E-state index contributed by atoms with van der Waals surface area (Å²) in [5.74, 6) is 2.38. The predicted molar refractivity (Wildman–Crippen MR) is 112 cm³/mol. The summed E-state index contributed by atoms with van der Waals surface area (Å²) in [5.41, 5.74) is 6.47. The van der Waals surface area contributed by atoms with Crippen molar-refractivity contribution in [1.29, 1.82) is 0 Å². The number of nitrogens with zero attached hydrogens (tertiary/aromatic N) is 2. The molecule has 2 aromatic carbocycles. The molecule has 27 heavy (non-hydrogen) atoms. The molecule has 0 aliphatic carbocycles. The molecule has 0 saturated heterocycles. The van der Waals surface area contributed by atoms with Crippen molar-refractivity contribution in [1.82, 2.24) is 14.9 Å². The summed E-state index contributed by atoms with van der Waals surface area (Å²) < 4.78 is 9.34. The Morgan fingerprint density at radius 1 is 1.11 bits per heavy atom. The van der Waals surface area contributed by atoms with Crippen LogP contribution in [0.5, 0.6) is 0 Å². The zero-order valence-corrected chi connectivity index (χ0v) is 17.0. The molecule has 0 amide bonds. The number of furan rings is 1. The lowest BCUT2D eigenvalue weighted by molar-refractivity contribution is 0.523. The number of rotatable bonds is 5. The molecular weight excluding hydrogens is 424 g/mol. The normalized spacial score (nSPS) is 10.9. The molecule has 7 heteroatoms. The maximum Gasteiger partial charge on any atom is 0.214 e. The molecule has 2 N–H and O–H groups in total. The van der Waals surface area contributed by atoms with Crippen LogP contribution in [-0.4, -0.2) is 14.9 Å². The van der Waals surface area contributed by atoms with Gasteiger partial charge in [0.1, 0.15) is 11.5 Å². The van der Waals surface area contributed by atoms with Gasteiger partial charge in [0.2, 0.25) is 4.77 Å². The summed E-state index contributed by atoms with van der Waals surface area (Å²) in [6, 6.07) is 20.0. The highest BCUT2D eigenvalue weighted by Gasteiger charge is 2.10. The zero-order valence-electron chi connectivity index (χ0n) is 14.6. The largest absolute Gasteiger partial charge is 0.459 e. The minimum Gasteiger partial charge on any atom is -0.459 e. The maximum atomic E-state index is 5.99. The van der Waals surface area contributed by atoms with Gasteiger partial charge in [-0.3, -0.25) is 0 Å². The minimum atomic E-state index is 0.489. The number of halogens is 1. The second kappa shape index (κ2) is 7.54. The summed E-state index contributed by atoms with van der Waals surface area (Å²) in [5, 5.41) is 7.15. The Kier molecular flexibility index (Phi) is 4.96. The van der Waals surface area contributed by atoms with E-state index in [2.05, 4.69) is 44.5 Å². The van der Waals surface area contributed by atoms with E-state index < -0.39 is 0 Å². The second-order valence-corrected chi connectivity index (χ2v) is 7.36. The van der Waals surface area contributed by atoms with E-state index in [9.17, 15) is 0 Å². The van der Waals surface area contributed by atoms with Crippen molar-refractivity contribution in [3.8, 4) is 22.7 Å². The van der Waals surface area contributed by atoms with Gasteiger partial charge in [0, 0.05) is 15.6 Å². The fourth-order valence-corrected chi connectivity index (χ4v) is 3.25. The lowest BCUT2D eigenvalue weighted by Gasteiger charge is -2.08. The Labute approximate surface area is 170 Å². The average Bonchev–Trinajstić information content (AvgIpc) is 3.30. The lowest BCUT2D eigenvalue weighted by atomic mass is 10.1. The molecule has 0 spiro atoms. The minimum absolute atomic E-state index is 0.489. The van der Waals surface area contributed by atoms with Crippen LogP contribution in [0.4, 0.5) is 0 Å². The highest BCUT2D eigenvalue weighted by atomic mass is 79.9. The molecule has 136 valence electrons. The van der Waals surface area contributed by atoms with E-state index in [4.69, 9.17) is 16.6 Å². The van der Waals surface area contributed by atoms with Gasteiger partial charge in [-0.2, -0.15) is 5.10 Å². The van der Waals surface area contributed by atoms with Gasteiger partial charge in [0.05, 0.1) is 6.54 Å². The van der Waals surface area contributed by atoms with Gasteiger partial charge in [-0.05, 0) is 49.0 Å². The quantitative estimate of drug-likeness (QED) is 0.391. The van der Waals surface area contributed by atoms with Gasteiger partial charge in [-0.15, -0.1) is 0 Å². The van der Waals surface area contributed by atoms with Crippen molar-refractivity contribution in [2.75, 3.05) is 5.43 Å². The molecule has 0 aliphatic heterocycles. The first-order valence-electron chi connectivity index (χ1n) is 8.44. The second-order valence-electron chi connectivity index (χ2n) is 6.12. The molecule has 4 rings (SSSR count). The number of nitrogens with one attached hydrogen (secondary N) is 2. The van der Waals surface area contributed by atoms with Crippen LogP contribution in [0.25, 0.3) is 22.7 Å². The van der Waals surface area contributed by atoms with Crippen LogP contribution < -0.4 is 5.43 Å². The van der Waals surface area contributed by atoms with Gasteiger partial charge < -0.3 is 9.84 Å². The van der Waals surface area contributed by atoms with Crippen molar-refractivity contribution < 1.29 is 4.42 Å². The molecular formula is C20H17BrN4OS. The number of aromatic nitrogens is 3. The number of hydrogen-bond donors (Lipinski definition) is 2. The Morgan fingerprint density at radius 3 is 2.70 bits per heavy atom. The van der Waals surface area contributed by atoms with Crippen LogP contribution in [0.1, 0.15) is 11.3 Å². The van der Waals surface area contributed by atoms with Crippen molar-refractivity contribution in [3.05, 3.63) is 81.2 Å². The average molecular weight is 441 g/mol. The SMILES string of the molecule is Cc1cc(-c2ccc(CNn3c(-c4ccccc4)n[nH]c3=S)o2)ccc1Br. The number of aromatic amines is 1. The molecule has 0 bridgehead atoms. The van der Waals surface area contributed by atoms with Crippen LogP contribution in [-0.2, 0) is 6.54 Å². The summed E-state index contributed by atoms with van der Waals surface area (Å²) >= 11 is 8.87. The molecule has 4 aromatic rings. The summed E-state index contributed by atoms with van der Waals surface area (Å²) in [4.78, 5) is 0. The fourth-order valence-electron chi connectivity index (χ4n) is 2.81. The third-order valence-electron chi connectivity index (χ3n) is 4.22. The third-order valence-corrected chi connectivity index (χ3v) is 5.38. The summed E-state index contributed by atoms with van der Waals surface area (Å²) in [6.07, 6.45) is 0. The fraction of sp³-hybridized carbons (Fsp3) is 0.100. The van der Waals surface area contributed by atoms with Crippen molar-refractivity contribution in [2.24, 2.45) is 0 Å². The molecule has 2 aromatic heterocycles. The lowest BCUT2D eigenvalue weighted by Crippen LogP contribution is -2.15. The van der Waals surface area contributed by atoms with Crippen LogP contribution in [0.15, 0.2) is 69.6 Å². The Hall–Kier alpha value is -2.64. The van der Waals surface area contributed by atoms with Crippen LogP contribution in [0.2, 0.25) is 0 Å². The zero-order chi connectivity index (χ0) is 18.8. The molecule has 0 radical (unpaired) electrons. The van der Waals surface area contributed by atoms with Gasteiger partial charge in [0.25, 0.3) is 0 Å². The van der Waals surface area contributed by atoms with E-state index in [1.807, 2.05) is 54.6 Å². The van der Waals surface area contributed by atoms with Crippen LogP contribution in [0, 0.1) is 11.7 Å². The standard InChI is InChI=1S/C20H17BrN4OS/c1-13-11-15(7-9-17(13)21)18-10-8-16(26-18)12-22-25-19(23-24-20(25)27)14-5-3-2-4-6-14/h2-11,22H,12H2,1H3,(H,24,27). The molecule has 2 heterocycles. The first-order chi connectivity index (χ1) is 13.1. The van der Waals surface area contributed by atoms with Gasteiger partial charge >= 0.3 is 0 Å². The van der Waals surface area contributed by atoms with Crippen LogP contribution >= 0.6 is 28.1 Å². The first kappa shape index (κ1) is 17.8. The van der Waals surface area contributed by atoms with Gasteiger partial charge in [-0.1, -0.05) is 52.3 Å². The molecule has 0 aliphatic rings. The van der Waals surface area contributed by atoms with Gasteiger partial charge in [-0.25, -0.2) is 9.77 Å². The van der Waals surface area contributed by atoms with E-state index >= 15 is 0 Å². The van der Waals surface area contributed by atoms with Crippen molar-refractivity contribution in [2.45, 2.75) is 13.5 Å². The third kappa shape index (κ3) is 3.74. The van der Waals surface area contributed by atoms with Gasteiger partial charge in [0.15, 0.2) is 5.82 Å². The molecule has 0 saturated carbocycles. The van der Waals surface area contributed by atoms with Crippen molar-refractivity contribution in [3.63, 3.8) is 0 Å². The number of aryl methyl sites for hydroxylation is 1. The smallest absolute Gasteiger partial charge is 0.214 e. The topological polar surface area (TPSA) is 58.8 Å². The summed E-state index contributed by atoms with van der Waals surface area (Å²) in [7, 11) is 0. The Bertz CT molecular complexity index is 1130. The summed E-state index contributed by atoms with van der Waals surface area (Å²) in [6.45, 7) is 2.55. The van der Waals surface area contributed by atoms with E-state index in [1.54, 1.807) is 4.68 Å². The number of benzene rings is 2. The predicted octanol–water partition coefficient (Wildman–Crippen LogP) is 5.68. The van der Waals surface area contributed by atoms with E-state index in [0.29, 0.717) is 11.3 Å². The highest BCUT2D eigenvalue weighted by Crippen LogP contribution is 2.26. The monoisotopic (exact) mass is 440 g/mol. The van der Waals surface area contributed by atoms with E-state index in [-0.39, 0.29) is 0 Å². The Balaban J connectivity index is 1.54. The number of hydrogen-bond acceptors (Lipinski definition) is 4. The first-order valence-corrected chi connectivity index (χ1v) is 9.64. The molecule has 0 unspecified atom stereocenters. The molecule has 0 atom stereocenters. The van der Waals surface area contributed by atoms with Crippen molar-refractivity contribution >= 4 is 28.1 Å². The van der Waals surface area contributed by atoms with Crippen LogP contribution in [0.3, 0.4) is 0 Å². The number of H-pyrrole nitrogens is 1. The highest BCUT2D eigenvalue weighted by molar-refractivity contribution is 9.10. The molecule has 0 fully saturated rings. The van der Waals surface area contributed by atoms with E-state index in [0.717, 1.165) is 32.9 Å². The van der Waals surface area contributed by atoms with E-state index in [1.165, 1.54) is 5.56 Å².